The van der Waals surface area contributed by atoms with Gasteiger partial charge in [0.05, 0.1) is 6.61 Å². The number of nitrogens with zero attached hydrogens (tertiary/aromatic N) is 1. The summed E-state index contributed by atoms with van der Waals surface area (Å²) < 4.78 is 11.2. The normalized spacial score (nSPS) is 11.1. The van der Waals surface area contributed by atoms with E-state index < -0.39 is 0 Å². The van der Waals surface area contributed by atoms with E-state index in [1.54, 1.807) is 0 Å². The number of rotatable bonds is 7. The first-order valence-electron chi connectivity index (χ1n) is 7.44. The molecule has 0 saturated carbocycles. The monoisotopic (exact) mass is 288 g/mol. The molecule has 114 valence electrons. The van der Waals surface area contributed by atoms with Crippen LogP contribution in [0.2, 0.25) is 0 Å². The maximum atomic E-state index is 5.73. The van der Waals surface area contributed by atoms with Gasteiger partial charge in [-0.2, -0.15) is 0 Å². The lowest BCUT2D eigenvalue weighted by atomic mass is 10.1. The summed E-state index contributed by atoms with van der Waals surface area (Å²) in [6.07, 6.45) is 1.07. The van der Waals surface area contributed by atoms with E-state index in [9.17, 15) is 0 Å². The fraction of sp³-hybridized carbons (Fsp3) is 0.471. The molecule has 0 saturated heterocycles. The van der Waals surface area contributed by atoms with Crippen LogP contribution in [0.4, 0.5) is 0 Å². The van der Waals surface area contributed by atoms with Gasteiger partial charge in [-0.3, -0.25) is 0 Å². The van der Waals surface area contributed by atoms with Crippen LogP contribution in [0, 0.1) is 12.8 Å². The van der Waals surface area contributed by atoms with Crippen LogP contribution in [-0.4, -0.2) is 18.8 Å². The second-order valence-electron chi connectivity index (χ2n) is 5.67. The summed E-state index contributed by atoms with van der Waals surface area (Å²) >= 11 is 0. The van der Waals surface area contributed by atoms with Crippen LogP contribution in [0.5, 0.6) is 5.75 Å². The van der Waals surface area contributed by atoms with Gasteiger partial charge < -0.3 is 14.6 Å². The molecule has 0 fully saturated rings. The van der Waals surface area contributed by atoms with E-state index >= 15 is 0 Å². The number of nitrogens with one attached hydrogen (secondary N) is 1. The van der Waals surface area contributed by atoms with E-state index in [0.29, 0.717) is 12.5 Å². The molecular weight excluding hydrogens is 264 g/mol. The first kappa shape index (κ1) is 15.6. The predicted molar refractivity (Wildman–Crippen MR) is 84.4 cm³/mol. The van der Waals surface area contributed by atoms with Gasteiger partial charge in [0.1, 0.15) is 11.4 Å². The summed E-state index contributed by atoms with van der Waals surface area (Å²) in [4.78, 5) is 0. The molecule has 4 heteroatoms. The zero-order valence-corrected chi connectivity index (χ0v) is 13.3. The molecular formula is C17H24N2O2. The second kappa shape index (κ2) is 7.27. The Bertz CT molecular complexity index is 559. The highest BCUT2D eigenvalue weighted by Crippen LogP contribution is 2.27. The summed E-state index contributed by atoms with van der Waals surface area (Å²) in [6, 6.07) is 7.99. The third-order valence-electron chi connectivity index (χ3n) is 3.45. The van der Waals surface area contributed by atoms with Crippen LogP contribution in [0.15, 0.2) is 28.8 Å². The van der Waals surface area contributed by atoms with E-state index in [2.05, 4.69) is 24.3 Å². The Kier molecular flexibility index (Phi) is 5.39. The molecule has 1 N–H and O–H groups in total. The van der Waals surface area contributed by atoms with Crippen molar-refractivity contribution in [2.24, 2.45) is 5.92 Å². The van der Waals surface area contributed by atoms with E-state index in [1.807, 2.05) is 38.2 Å². The Morgan fingerprint density at radius 3 is 2.57 bits per heavy atom. The molecule has 0 aliphatic rings. The van der Waals surface area contributed by atoms with Crippen LogP contribution in [-0.2, 0) is 6.54 Å². The van der Waals surface area contributed by atoms with E-state index in [0.717, 1.165) is 41.4 Å². The lowest BCUT2D eigenvalue weighted by Crippen LogP contribution is -2.06. The van der Waals surface area contributed by atoms with Crippen LogP contribution in [0.1, 0.15) is 31.5 Å². The van der Waals surface area contributed by atoms with Gasteiger partial charge in [0.2, 0.25) is 0 Å². The fourth-order valence-electron chi connectivity index (χ4n) is 2.09. The van der Waals surface area contributed by atoms with Gasteiger partial charge >= 0.3 is 0 Å². The number of hydrogen-bond acceptors (Lipinski definition) is 4. The Labute approximate surface area is 126 Å². The van der Waals surface area contributed by atoms with Gasteiger partial charge in [0, 0.05) is 17.7 Å². The average molecular weight is 288 g/mol. The minimum Gasteiger partial charge on any atom is -0.494 e. The second-order valence-corrected chi connectivity index (χ2v) is 5.67. The maximum Gasteiger partial charge on any atom is 0.170 e. The van der Waals surface area contributed by atoms with Crippen molar-refractivity contribution in [1.29, 1.82) is 0 Å². The van der Waals surface area contributed by atoms with Crippen LogP contribution >= 0.6 is 0 Å². The van der Waals surface area contributed by atoms with Gasteiger partial charge in [-0.05, 0) is 50.6 Å². The number of aromatic nitrogens is 1. The Morgan fingerprint density at radius 1 is 1.24 bits per heavy atom. The highest BCUT2D eigenvalue weighted by molar-refractivity contribution is 5.62. The van der Waals surface area contributed by atoms with E-state index in [-0.39, 0.29) is 0 Å². The van der Waals surface area contributed by atoms with Gasteiger partial charge in [0.25, 0.3) is 0 Å². The summed E-state index contributed by atoms with van der Waals surface area (Å²) in [6.45, 7) is 7.89. The van der Waals surface area contributed by atoms with E-state index in [4.69, 9.17) is 9.26 Å². The van der Waals surface area contributed by atoms with Gasteiger partial charge in [-0.15, -0.1) is 0 Å². The lowest BCUT2D eigenvalue weighted by molar-refractivity contribution is 0.289. The molecule has 0 aliphatic heterocycles. The third-order valence-corrected chi connectivity index (χ3v) is 3.45. The first-order valence-corrected chi connectivity index (χ1v) is 7.44. The number of benzene rings is 1. The smallest absolute Gasteiger partial charge is 0.170 e. The van der Waals surface area contributed by atoms with Crippen molar-refractivity contribution in [3.8, 4) is 17.1 Å². The zero-order valence-electron chi connectivity index (χ0n) is 13.3. The molecule has 21 heavy (non-hydrogen) atoms. The van der Waals surface area contributed by atoms with Crippen molar-refractivity contribution in [1.82, 2.24) is 10.5 Å². The number of hydrogen-bond donors (Lipinski definition) is 1. The van der Waals surface area contributed by atoms with Gasteiger partial charge in [-0.1, -0.05) is 19.0 Å². The standard InChI is InChI=1S/C17H24N2O2/c1-12(2)9-10-20-15-7-5-14(6-8-15)17-13(3)16(11-18-4)19-21-17/h5-8,12,18H,9-11H2,1-4H3. The van der Waals surface area contributed by atoms with Gasteiger partial charge in [-0.25, -0.2) is 0 Å². The summed E-state index contributed by atoms with van der Waals surface area (Å²) in [5, 5.41) is 7.19. The Balaban J connectivity index is 2.05. The van der Waals surface area contributed by atoms with Crippen molar-refractivity contribution in [2.45, 2.75) is 33.7 Å². The van der Waals surface area contributed by atoms with Gasteiger partial charge in [0.15, 0.2) is 5.76 Å². The summed E-state index contributed by atoms with van der Waals surface area (Å²) in [5.74, 6) is 2.38. The zero-order chi connectivity index (χ0) is 15.2. The molecule has 0 atom stereocenters. The molecule has 1 aromatic heterocycles. The van der Waals surface area contributed by atoms with E-state index in [1.165, 1.54) is 0 Å². The molecule has 0 bridgehead atoms. The van der Waals surface area contributed by atoms with Crippen molar-refractivity contribution in [2.75, 3.05) is 13.7 Å². The average Bonchev–Trinajstić information content (AvgIpc) is 2.81. The summed E-state index contributed by atoms with van der Waals surface area (Å²) in [5.41, 5.74) is 3.06. The molecule has 0 radical (unpaired) electrons. The SMILES string of the molecule is CNCc1noc(-c2ccc(OCCC(C)C)cc2)c1C. The van der Waals surface area contributed by atoms with Crippen LogP contribution in [0.3, 0.4) is 0 Å². The summed E-state index contributed by atoms with van der Waals surface area (Å²) in [7, 11) is 1.90. The molecule has 0 amide bonds. The quantitative estimate of drug-likeness (QED) is 0.842. The van der Waals surface area contributed by atoms with Crippen LogP contribution in [0.25, 0.3) is 11.3 Å². The van der Waals surface area contributed by atoms with Crippen molar-refractivity contribution >= 4 is 0 Å². The predicted octanol–water partition coefficient (Wildman–Crippen LogP) is 3.79. The maximum absolute atomic E-state index is 5.73. The van der Waals surface area contributed by atoms with Crippen molar-refractivity contribution in [3.05, 3.63) is 35.5 Å². The largest absolute Gasteiger partial charge is 0.494 e. The minimum absolute atomic E-state index is 0.659. The van der Waals surface area contributed by atoms with Crippen molar-refractivity contribution < 1.29 is 9.26 Å². The fourth-order valence-corrected chi connectivity index (χ4v) is 2.09. The molecule has 0 unspecified atom stereocenters. The minimum atomic E-state index is 0.659. The van der Waals surface area contributed by atoms with Crippen molar-refractivity contribution in [3.63, 3.8) is 0 Å². The molecule has 2 aromatic rings. The molecule has 2 rings (SSSR count). The Morgan fingerprint density at radius 2 is 1.95 bits per heavy atom. The Hall–Kier alpha value is -1.81. The first-order chi connectivity index (χ1) is 10.1. The molecule has 4 nitrogen and oxygen atoms in total. The molecule has 0 spiro atoms. The molecule has 0 aliphatic carbocycles. The topological polar surface area (TPSA) is 47.3 Å². The highest BCUT2D eigenvalue weighted by atomic mass is 16.5. The van der Waals surface area contributed by atoms with Crippen LogP contribution < -0.4 is 10.1 Å². The lowest BCUT2D eigenvalue weighted by Gasteiger charge is -2.08. The highest BCUT2D eigenvalue weighted by Gasteiger charge is 2.13. The number of ether oxygens (including phenoxy) is 1. The molecule has 1 heterocycles. The molecule has 1 aromatic carbocycles. The third kappa shape index (κ3) is 4.08.